The number of carbonyl (C=O) groups is 2. The van der Waals surface area contributed by atoms with Crippen molar-refractivity contribution in [3.05, 3.63) is 16.1 Å². The van der Waals surface area contributed by atoms with E-state index in [0.29, 0.717) is 10.6 Å². The zero-order valence-corrected chi connectivity index (χ0v) is 8.51. The maximum absolute atomic E-state index is 11.4. The normalized spacial score (nSPS) is 12.1. The van der Waals surface area contributed by atoms with Crippen molar-refractivity contribution in [1.82, 2.24) is 10.3 Å². The highest BCUT2D eigenvalue weighted by Gasteiger charge is 2.17. The highest BCUT2D eigenvalue weighted by atomic mass is 32.1. The van der Waals surface area contributed by atoms with E-state index in [1.165, 1.54) is 6.92 Å². The minimum Gasteiger partial charge on any atom is -0.480 e. The van der Waals surface area contributed by atoms with Crippen molar-refractivity contribution in [3.8, 4) is 0 Å². The summed E-state index contributed by atoms with van der Waals surface area (Å²) in [6.45, 7) is 3.08. The van der Waals surface area contributed by atoms with Crippen LogP contribution < -0.4 is 5.32 Å². The first-order chi connectivity index (χ1) is 6.52. The Balaban J connectivity index is 2.69. The summed E-state index contributed by atoms with van der Waals surface area (Å²) in [5, 5.41) is 10.9. The molecule has 1 aromatic rings. The van der Waals surface area contributed by atoms with Crippen LogP contribution >= 0.6 is 11.3 Å². The second-order valence-electron chi connectivity index (χ2n) is 2.75. The van der Waals surface area contributed by atoms with Gasteiger partial charge in [-0.15, -0.1) is 11.3 Å². The Morgan fingerprint density at radius 3 is 2.71 bits per heavy atom. The molecular weight excluding hydrogens is 204 g/mol. The fourth-order valence-electron chi connectivity index (χ4n) is 0.796. The van der Waals surface area contributed by atoms with E-state index >= 15 is 0 Å². The maximum atomic E-state index is 11.4. The summed E-state index contributed by atoms with van der Waals surface area (Å²) in [5.41, 5.74) is 3.13. The molecule has 0 aliphatic carbocycles. The number of amides is 1. The molecular formula is C8H9N2O3S. The van der Waals surface area contributed by atoms with Gasteiger partial charge in [-0.2, -0.15) is 0 Å². The number of nitrogens with zero attached hydrogens (tertiary/aromatic N) is 1. The van der Waals surface area contributed by atoms with Gasteiger partial charge in [-0.1, -0.05) is 0 Å². The van der Waals surface area contributed by atoms with Gasteiger partial charge in [0.05, 0.1) is 5.69 Å². The van der Waals surface area contributed by atoms with Crippen LogP contribution in [0.4, 0.5) is 0 Å². The van der Waals surface area contributed by atoms with Crippen molar-refractivity contribution in [3.63, 3.8) is 0 Å². The van der Waals surface area contributed by atoms with E-state index in [4.69, 9.17) is 5.11 Å². The minimum absolute atomic E-state index is 0.401. The quantitative estimate of drug-likeness (QED) is 0.764. The van der Waals surface area contributed by atoms with Crippen LogP contribution in [0.1, 0.15) is 22.3 Å². The summed E-state index contributed by atoms with van der Waals surface area (Å²) in [6, 6.07) is -0.899. The molecule has 1 aromatic heterocycles. The van der Waals surface area contributed by atoms with E-state index < -0.39 is 17.9 Å². The second kappa shape index (κ2) is 4.19. The zero-order chi connectivity index (χ0) is 10.7. The topological polar surface area (TPSA) is 79.3 Å². The van der Waals surface area contributed by atoms with Gasteiger partial charge >= 0.3 is 5.97 Å². The van der Waals surface area contributed by atoms with E-state index in [0.717, 1.165) is 11.3 Å². The number of thiazole rings is 1. The van der Waals surface area contributed by atoms with Crippen LogP contribution in [-0.4, -0.2) is 28.0 Å². The van der Waals surface area contributed by atoms with Crippen LogP contribution in [0.15, 0.2) is 0 Å². The number of carboxylic acids is 1. The molecule has 1 amide bonds. The molecule has 0 saturated heterocycles. The number of hydrogen-bond donors (Lipinski definition) is 2. The Morgan fingerprint density at radius 2 is 2.29 bits per heavy atom. The second-order valence-corrected chi connectivity index (χ2v) is 3.55. The first-order valence-corrected chi connectivity index (χ1v) is 4.71. The number of aromatic nitrogens is 1. The molecule has 1 heterocycles. The highest BCUT2D eigenvalue weighted by Crippen LogP contribution is 2.10. The Kier molecular flexibility index (Phi) is 3.19. The third kappa shape index (κ3) is 2.29. The number of aliphatic carboxylic acids is 1. The number of rotatable bonds is 3. The molecule has 14 heavy (non-hydrogen) atoms. The number of carboxylic acid groups (broad SMARTS) is 1. The van der Waals surface area contributed by atoms with Gasteiger partial charge < -0.3 is 10.4 Å². The average Bonchev–Trinajstić information content (AvgIpc) is 2.51. The van der Waals surface area contributed by atoms with E-state index in [9.17, 15) is 9.59 Å². The first kappa shape index (κ1) is 10.6. The van der Waals surface area contributed by atoms with Gasteiger partial charge in [0.1, 0.15) is 10.9 Å². The fourth-order valence-corrected chi connectivity index (χ4v) is 1.41. The summed E-state index contributed by atoms with van der Waals surface area (Å²) in [6.07, 6.45) is 0. The highest BCUT2D eigenvalue weighted by molar-refractivity contribution is 7.11. The molecule has 0 unspecified atom stereocenters. The molecule has 75 valence electrons. The lowest BCUT2D eigenvalue weighted by Crippen LogP contribution is -2.38. The van der Waals surface area contributed by atoms with Crippen molar-refractivity contribution in [1.29, 1.82) is 0 Å². The molecule has 0 spiro atoms. The van der Waals surface area contributed by atoms with Crippen LogP contribution in [0.5, 0.6) is 0 Å². The zero-order valence-electron chi connectivity index (χ0n) is 7.70. The lowest BCUT2D eigenvalue weighted by molar-refractivity contribution is -0.138. The standard InChI is InChI=1S/C8H9N2O3S/c1-4-6(14-3-9-4)7(11)10-5(2)8(12)13/h5H,1-2H3,(H,10,11)(H,12,13)/t5-/m0/s1. The molecule has 1 atom stereocenters. The van der Waals surface area contributed by atoms with Gasteiger partial charge in [-0.05, 0) is 13.8 Å². The molecule has 0 aromatic carbocycles. The predicted octanol–water partition coefficient (Wildman–Crippen LogP) is 0.455. The van der Waals surface area contributed by atoms with E-state index in [1.807, 2.05) is 0 Å². The van der Waals surface area contributed by atoms with Crippen LogP contribution in [0.3, 0.4) is 0 Å². The van der Waals surface area contributed by atoms with Crippen molar-refractivity contribution in [2.75, 3.05) is 0 Å². The third-order valence-electron chi connectivity index (χ3n) is 1.61. The molecule has 0 aliphatic rings. The van der Waals surface area contributed by atoms with Crippen molar-refractivity contribution < 1.29 is 14.7 Å². The SMILES string of the molecule is Cc1n[c]sc1C(=O)N[C@@H](C)C(=O)O. The van der Waals surface area contributed by atoms with Crippen molar-refractivity contribution in [2.24, 2.45) is 0 Å². The first-order valence-electron chi connectivity index (χ1n) is 3.89. The third-order valence-corrected chi connectivity index (χ3v) is 2.48. The summed E-state index contributed by atoms with van der Waals surface area (Å²) in [4.78, 5) is 26.0. The van der Waals surface area contributed by atoms with E-state index in [2.05, 4.69) is 15.8 Å². The van der Waals surface area contributed by atoms with E-state index in [1.54, 1.807) is 6.92 Å². The Labute approximate surface area is 84.8 Å². The molecule has 1 rings (SSSR count). The van der Waals surface area contributed by atoms with Gasteiger partial charge in [0.25, 0.3) is 5.91 Å². The van der Waals surface area contributed by atoms with Crippen LogP contribution in [-0.2, 0) is 4.79 Å². The maximum Gasteiger partial charge on any atom is 0.325 e. The summed E-state index contributed by atoms with van der Waals surface area (Å²) in [7, 11) is 0. The molecule has 5 nitrogen and oxygen atoms in total. The molecule has 0 aliphatic heterocycles. The molecule has 2 N–H and O–H groups in total. The van der Waals surface area contributed by atoms with Gasteiger partial charge in [0.15, 0.2) is 5.51 Å². The lowest BCUT2D eigenvalue weighted by Gasteiger charge is -2.07. The molecule has 1 radical (unpaired) electrons. The molecule has 0 bridgehead atoms. The number of aryl methyl sites for hydroxylation is 1. The summed E-state index contributed by atoms with van der Waals surface area (Å²) in [5.74, 6) is -1.49. The smallest absolute Gasteiger partial charge is 0.325 e. The number of carbonyl (C=O) groups excluding carboxylic acids is 1. The van der Waals surface area contributed by atoms with Crippen molar-refractivity contribution in [2.45, 2.75) is 19.9 Å². The van der Waals surface area contributed by atoms with Gasteiger partial charge in [-0.3, -0.25) is 9.59 Å². The Bertz CT molecular complexity index is 361. The van der Waals surface area contributed by atoms with Gasteiger partial charge in [0, 0.05) is 0 Å². The lowest BCUT2D eigenvalue weighted by atomic mass is 10.3. The largest absolute Gasteiger partial charge is 0.480 e. The van der Waals surface area contributed by atoms with Gasteiger partial charge in [-0.25, -0.2) is 4.98 Å². The molecule has 6 heteroatoms. The molecule has 0 saturated carbocycles. The number of nitrogens with one attached hydrogen (secondary N) is 1. The van der Waals surface area contributed by atoms with E-state index in [-0.39, 0.29) is 0 Å². The minimum atomic E-state index is -1.07. The van der Waals surface area contributed by atoms with Crippen LogP contribution in [0.25, 0.3) is 0 Å². The van der Waals surface area contributed by atoms with Gasteiger partial charge in [0.2, 0.25) is 0 Å². The van der Waals surface area contributed by atoms with Crippen molar-refractivity contribution >= 4 is 23.2 Å². The summed E-state index contributed by atoms with van der Waals surface area (Å²) >= 11 is 1.07. The Hall–Kier alpha value is -1.43. The fraction of sp³-hybridized carbons (Fsp3) is 0.375. The predicted molar refractivity (Wildman–Crippen MR) is 50.3 cm³/mol. The Morgan fingerprint density at radius 1 is 1.64 bits per heavy atom. The number of hydrogen-bond acceptors (Lipinski definition) is 4. The summed E-state index contributed by atoms with van der Waals surface area (Å²) < 4.78 is 0. The monoisotopic (exact) mass is 213 g/mol. The van der Waals surface area contributed by atoms with Crippen LogP contribution in [0, 0.1) is 12.4 Å². The van der Waals surface area contributed by atoms with Crippen LogP contribution in [0.2, 0.25) is 0 Å². The average molecular weight is 213 g/mol. The molecule has 0 fully saturated rings.